The van der Waals surface area contributed by atoms with E-state index in [1.165, 1.54) is 0 Å². The smallest absolute Gasteiger partial charge is 0.347 e. The third-order valence-corrected chi connectivity index (χ3v) is 5.40. The number of fused-ring (bicyclic) bond motifs is 2. The van der Waals surface area contributed by atoms with Crippen molar-refractivity contribution in [2.45, 2.75) is 19.6 Å². The Morgan fingerprint density at radius 1 is 1.37 bits per heavy atom. The Hall–Kier alpha value is -2.39. The molecule has 1 aliphatic carbocycles. The average Bonchev–Trinajstić information content (AvgIpc) is 3.23. The summed E-state index contributed by atoms with van der Waals surface area (Å²) in [6.45, 7) is 1.92. The summed E-state index contributed by atoms with van der Waals surface area (Å²) in [5, 5.41) is 10.9. The molecule has 2 aromatic heterocycles. The molecule has 1 aromatic carbocycles. The van der Waals surface area contributed by atoms with Crippen LogP contribution in [-0.4, -0.2) is 27.7 Å². The number of pyridine rings is 1. The topological polar surface area (TPSA) is 73.6 Å². The molecule has 0 radical (unpaired) electrons. The molecule has 0 aliphatic heterocycles. The van der Waals surface area contributed by atoms with Crippen LogP contribution < -0.4 is 4.74 Å². The van der Waals surface area contributed by atoms with Gasteiger partial charge in [0.15, 0.2) is 23.0 Å². The fourth-order valence-electron chi connectivity index (χ4n) is 3.78. The van der Waals surface area contributed by atoms with Crippen LogP contribution in [0.3, 0.4) is 0 Å². The lowest BCUT2D eigenvalue weighted by Gasteiger charge is -2.16. The van der Waals surface area contributed by atoms with Gasteiger partial charge in [-0.2, -0.15) is 0 Å². The number of rotatable bonds is 4. The highest BCUT2D eigenvalue weighted by atomic mass is 127. The highest BCUT2D eigenvalue weighted by molar-refractivity contribution is 14.1. The third kappa shape index (κ3) is 2.81. The second kappa shape index (κ2) is 6.97. The van der Waals surface area contributed by atoms with E-state index in [0.717, 1.165) is 33.4 Å². The molecule has 0 bridgehead atoms. The lowest BCUT2D eigenvalue weighted by Crippen LogP contribution is -2.06. The van der Waals surface area contributed by atoms with Crippen LogP contribution in [-0.2, 0) is 9.80 Å². The number of halogens is 1. The van der Waals surface area contributed by atoms with Crippen molar-refractivity contribution in [3.05, 3.63) is 58.9 Å². The first-order valence-corrected chi connectivity index (χ1v) is 9.29. The van der Waals surface area contributed by atoms with E-state index in [2.05, 4.69) is 11.9 Å². The number of allylic oxidation sites excluding steroid dienone is 1. The molecule has 0 amide bonds. The molecule has 0 saturated heterocycles. The zero-order valence-electron chi connectivity index (χ0n) is 14.8. The van der Waals surface area contributed by atoms with Crippen molar-refractivity contribution in [3.8, 4) is 5.75 Å². The number of aromatic nitrogens is 2. The number of carbonyl (C=O) groups is 1. The molecule has 3 aromatic rings. The number of nitrogens with zero attached hydrogens (tertiary/aromatic N) is 2. The second-order valence-electron chi connectivity index (χ2n) is 6.38. The molecule has 6 nitrogen and oxygen atoms in total. The summed E-state index contributed by atoms with van der Waals surface area (Å²) in [5.41, 5.74) is 5.04. The average molecular weight is 476 g/mol. The Labute approximate surface area is 170 Å². The van der Waals surface area contributed by atoms with Gasteiger partial charge in [0, 0.05) is 28.8 Å². The molecule has 0 fully saturated rings. The van der Waals surface area contributed by atoms with E-state index in [0.29, 0.717) is 11.3 Å². The zero-order valence-corrected chi connectivity index (χ0v) is 16.9. The summed E-state index contributed by atoms with van der Waals surface area (Å²) in [5.74, 6) is 0.266. The number of ether oxygens (including phenoxy) is 1. The predicted octanol–water partition coefficient (Wildman–Crippen LogP) is 4.16. The third-order valence-electron chi connectivity index (χ3n) is 5.00. The summed E-state index contributed by atoms with van der Waals surface area (Å²) in [7, 11) is 1.59. The highest BCUT2D eigenvalue weighted by Crippen LogP contribution is 2.47. The largest absolute Gasteiger partial charge is 0.496 e. The number of benzene rings is 1. The minimum atomic E-state index is -0.417. The van der Waals surface area contributed by atoms with Crippen LogP contribution in [0.2, 0.25) is 0 Å². The molecule has 0 saturated carbocycles. The van der Waals surface area contributed by atoms with Gasteiger partial charge >= 0.3 is 5.97 Å². The highest BCUT2D eigenvalue weighted by Gasteiger charge is 2.30. The molecule has 1 N–H and O–H groups in total. The summed E-state index contributed by atoms with van der Waals surface area (Å²) in [6.07, 6.45) is 3.75. The van der Waals surface area contributed by atoms with Crippen LogP contribution in [0.15, 0.2) is 36.5 Å². The lowest BCUT2D eigenvalue weighted by molar-refractivity contribution is 0.0800. The molecule has 1 atom stereocenters. The van der Waals surface area contributed by atoms with E-state index in [-0.39, 0.29) is 12.6 Å². The van der Waals surface area contributed by atoms with Gasteiger partial charge < -0.3 is 17.5 Å². The second-order valence-corrected chi connectivity index (χ2v) is 6.82. The van der Waals surface area contributed by atoms with Crippen molar-refractivity contribution in [2.75, 3.05) is 7.11 Å². The van der Waals surface area contributed by atoms with Crippen LogP contribution in [0.25, 0.3) is 22.7 Å². The quantitative estimate of drug-likeness (QED) is 0.573. The van der Waals surface area contributed by atoms with Crippen molar-refractivity contribution in [2.24, 2.45) is 0 Å². The molecule has 27 heavy (non-hydrogen) atoms. The molecule has 138 valence electrons. The van der Waals surface area contributed by atoms with Gasteiger partial charge in [0.1, 0.15) is 18.1 Å². The first-order valence-electron chi connectivity index (χ1n) is 8.41. The van der Waals surface area contributed by atoms with Gasteiger partial charge in [0.05, 0.1) is 12.7 Å². The molecule has 7 heteroatoms. The van der Waals surface area contributed by atoms with Gasteiger partial charge in [-0.1, -0.05) is 6.92 Å². The van der Waals surface area contributed by atoms with Gasteiger partial charge in [-0.15, -0.1) is 0 Å². The Kier molecular flexibility index (Phi) is 4.65. The summed E-state index contributed by atoms with van der Waals surface area (Å²) in [4.78, 5) is 16.4. The van der Waals surface area contributed by atoms with Gasteiger partial charge in [-0.25, -0.2) is 9.78 Å². The summed E-state index contributed by atoms with van der Waals surface area (Å²) in [6, 6.07) is 9.39. The number of aliphatic hydroxyl groups excluding tert-OH is 1. The van der Waals surface area contributed by atoms with Crippen LogP contribution in [0.1, 0.15) is 40.0 Å². The minimum Gasteiger partial charge on any atom is -0.496 e. The number of methoxy groups -OCH3 is 1. The van der Waals surface area contributed by atoms with Crippen LogP contribution in [0.5, 0.6) is 5.75 Å². The SMILES string of the molecule is COc1cc(C(=O)OI)cc2c1C(C)C(c1cc3cccnc3n1CO)=C2. The summed E-state index contributed by atoms with van der Waals surface area (Å²) < 4.78 is 12.2. The van der Waals surface area contributed by atoms with Gasteiger partial charge in [0.2, 0.25) is 0 Å². The van der Waals surface area contributed by atoms with Crippen LogP contribution >= 0.6 is 23.0 Å². The van der Waals surface area contributed by atoms with Crippen LogP contribution in [0, 0.1) is 0 Å². The van der Waals surface area contributed by atoms with Crippen molar-refractivity contribution in [1.29, 1.82) is 0 Å². The molecule has 1 unspecified atom stereocenters. The van der Waals surface area contributed by atoms with E-state index in [4.69, 9.17) is 7.80 Å². The Bertz CT molecular complexity index is 1090. The number of hydrogen-bond donors (Lipinski definition) is 1. The van der Waals surface area contributed by atoms with E-state index in [9.17, 15) is 9.90 Å². The normalized spacial score (nSPS) is 15.6. The number of hydrogen-bond acceptors (Lipinski definition) is 5. The first kappa shape index (κ1) is 18.0. The lowest BCUT2D eigenvalue weighted by atomic mass is 9.94. The Morgan fingerprint density at radius 2 is 2.19 bits per heavy atom. The molecule has 0 spiro atoms. The van der Waals surface area contributed by atoms with Crippen molar-refractivity contribution < 1.29 is 17.7 Å². The Balaban J connectivity index is 1.89. The summed E-state index contributed by atoms with van der Waals surface area (Å²) >= 11 is 1.58. The van der Waals surface area contributed by atoms with Gasteiger partial charge in [0.25, 0.3) is 0 Å². The van der Waals surface area contributed by atoms with E-state index < -0.39 is 5.97 Å². The fraction of sp³-hybridized carbons (Fsp3) is 0.200. The van der Waals surface area contributed by atoms with E-state index >= 15 is 0 Å². The van der Waals surface area contributed by atoms with Crippen molar-refractivity contribution in [3.63, 3.8) is 0 Å². The molecular formula is C20H17IN2O4. The fourth-order valence-corrected chi connectivity index (χ4v) is 4.03. The maximum atomic E-state index is 12.0. The zero-order chi connectivity index (χ0) is 19.1. The first-order chi connectivity index (χ1) is 13.1. The van der Waals surface area contributed by atoms with Gasteiger partial charge in [-0.05, 0) is 47.5 Å². The molecule has 4 rings (SSSR count). The molecule has 1 aliphatic rings. The van der Waals surface area contributed by atoms with E-state index in [1.54, 1.807) is 46.9 Å². The number of carbonyl (C=O) groups excluding carboxylic acids is 1. The molecule has 2 heterocycles. The maximum absolute atomic E-state index is 12.0. The van der Waals surface area contributed by atoms with Crippen molar-refractivity contribution in [1.82, 2.24) is 9.55 Å². The number of aliphatic hydroxyl groups is 1. The van der Waals surface area contributed by atoms with Gasteiger partial charge in [-0.3, -0.25) is 0 Å². The predicted molar refractivity (Wildman–Crippen MR) is 111 cm³/mol. The Morgan fingerprint density at radius 3 is 2.89 bits per heavy atom. The van der Waals surface area contributed by atoms with Crippen molar-refractivity contribution >= 4 is 51.7 Å². The van der Waals surface area contributed by atoms with Crippen LogP contribution in [0.4, 0.5) is 0 Å². The molecular weight excluding hydrogens is 459 g/mol. The maximum Gasteiger partial charge on any atom is 0.347 e. The van der Waals surface area contributed by atoms with E-state index in [1.807, 2.05) is 30.3 Å². The standard InChI is InChI=1S/C20H17IN2O4/c1-11-15(16-8-12-4-3-5-22-19(12)23(16)10-24)7-13-6-14(20(25)27-21)9-17(26-2)18(11)13/h3-9,11,24H,10H2,1-2H3. The monoisotopic (exact) mass is 476 g/mol. The minimum absolute atomic E-state index is 0.0363.